The Morgan fingerprint density at radius 2 is 2.00 bits per heavy atom. The van der Waals surface area contributed by atoms with Crippen molar-refractivity contribution in [1.82, 2.24) is 5.32 Å². The topological polar surface area (TPSA) is 63.1 Å². The van der Waals surface area contributed by atoms with Crippen LogP contribution in [0.2, 0.25) is 5.02 Å². The minimum Gasteiger partial charge on any atom is -0.497 e. The van der Waals surface area contributed by atoms with E-state index in [2.05, 4.69) is 15.5 Å². The molecule has 1 atom stereocenters. The Morgan fingerprint density at radius 3 is 2.72 bits per heavy atom. The maximum absolute atomic E-state index is 12.1. The van der Waals surface area contributed by atoms with Gasteiger partial charge >= 0.3 is 0 Å². The average molecular weight is 374 g/mol. The average Bonchev–Trinajstić information content (AvgIpc) is 2.97. The van der Waals surface area contributed by atoms with Crippen LogP contribution in [0.25, 0.3) is 0 Å². The van der Waals surface area contributed by atoms with Gasteiger partial charge in [-0.2, -0.15) is 5.10 Å². The Balaban J connectivity index is 1.62. The summed E-state index contributed by atoms with van der Waals surface area (Å²) in [6.07, 6.45) is 2.19. The number of benzene rings is 2. The molecule has 0 saturated carbocycles. The highest BCUT2D eigenvalue weighted by Gasteiger charge is 2.30. The van der Waals surface area contributed by atoms with Crippen LogP contribution in [-0.4, -0.2) is 29.6 Å². The van der Waals surface area contributed by atoms with Crippen molar-refractivity contribution in [3.05, 3.63) is 64.7 Å². The predicted molar refractivity (Wildman–Crippen MR) is 103 cm³/mol. The molecule has 2 aromatic carbocycles. The minimum atomic E-state index is -0.220. The van der Waals surface area contributed by atoms with E-state index >= 15 is 0 Å². The van der Waals surface area contributed by atoms with Crippen LogP contribution in [0.4, 0.5) is 0 Å². The van der Waals surface area contributed by atoms with Crippen LogP contribution >= 0.6 is 23.4 Å². The number of thioether (sulfide) groups is 1. The van der Waals surface area contributed by atoms with Crippen LogP contribution in [0.5, 0.6) is 5.75 Å². The second-order valence-electron chi connectivity index (χ2n) is 5.32. The molecule has 1 heterocycles. The van der Waals surface area contributed by atoms with Crippen molar-refractivity contribution in [3.63, 3.8) is 0 Å². The third-order valence-electron chi connectivity index (χ3n) is 3.61. The van der Waals surface area contributed by atoms with Gasteiger partial charge in [-0.25, -0.2) is 0 Å². The highest BCUT2D eigenvalue weighted by atomic mass is 35.5. The monoisotopic (exact) mass is 373 g/mol. The first-order valence-corrected chi connectivity index (χ1v) is 8.87. The van der Waals surface area contributed by atoms with E-state index in [1.54, 1.807) is 19.4 Å². The van der Waals surface area contributed by atoms with Gasteiger partial charge < -0.3 is 10.1 Å². The van der Waals surface area contributed by atoms with Crippen LogP contribution in [0.1, 0.15) is 11.1 Å². The van der Waals surface area contributed by atoms with Gasteiger partial charge in [0.2, 0.25) is 5.91 Å². The normalized spacial score (nSPS) is 18.7. The van der Waals surface area contributed by atoms with Crippen molar-refractivity contribution in [2.45, 2.75) is 11.7 Å². The molecule has 7 heteroatoms. The lowest BCUT2D eigenvalue weighted by Crippen LogP contribution is -2.25. The minimum absolute atomic E-state index is 0.0625. The standard InChI is InChI=1S/C18H16ClN3O2S/c1-24-14-8-6-12(7-9-14)10-16-17(23)21-18(25-16)22-20-11-13-4-2-3-5-15(13)19/h2-9,11,16H,10H2,1H3,(H,21,22,23)/b20-11+. The number of amides is 1. The van der Waals surface area contributed by atoms with Gasteiger partial charge in [-0.3, -0.25) is 4.79 Å². The Hall–Kier alpha value is -2.31. The lowest BCUT2D eigenvalue weighted by molar-refractivity contribution is -0.118. The van der Waals surface area contributed by atoms with Crippen molar-refractivity contribution in [2.24, 2.45) is 10.2 Å². The van der Waals surface area contributed by atoms with Crippen LogP contribution in [0, 0.1) is 0 Å². The molecule has 2 aromatic rings. The number of halogens is 1. The van der Waals surface area contributed by atoms with E-state index in [-0.39, 0.29) is 11.2 Å². The number of methoxy groups -OCH3 is 1. The van der Waals surface area contributed by atoms with Gasteiger partial charge in [0.25, 0.3) is 0 Å². The third-order valence-corrected chi connectivity index (χ3v) is 5.02. The summed E-state index contributed by atoms with van der Waals surface area (Å²) in [5.41, 5.74) is 1.84. The number of carbonyl (C=O) groups excluding carboxylic acids is 1. The number of nitrogens with zero attached hydrogens (tertiary/aromatic N) is 2. The molecular formula is C18H16ClN3O2S. The van der Waals surface area contributed by atoms with Gasteiger partial charge in [-0.1, -0.05) is 53.7 Å². The zero-order chi connectivity index (χ0) is 17.6. The molecule has 0 bridgehead atoms. The van der Waals surface area contributed by atoms with Crippen molar-refractivity contribution < 1.29 is 9.53 Å². The molecule has 1 N–H and O–H groups in total. The van der Waals surface area contributed by atoms with Crippen LogP contribution in [0.3, 0.4) is 0 Å². The fourth-order valence-electron chi connectivity index (χ4n) is 2.29. The number of hydrogen-bond acceptors (Lipinski definition) is 5. The first kappa shape index (κ1) is 17.5. The van der Waals surface area contributed by atoms with Gasteiger partial charge in [0.1, 0.15) is 5.75 Å². The highest BCUT2D eigenvalue weighted by molar-refractivity contribution is 8.15. The van der Waals surface area contributed by atoms with E-state index in [4.69, 9.17) is 16.3 Å². The highest BCUT2D eigenvalue weighted by Crippen LogP contribution is 2.24. The molecule has 1 saturated heterocycles. The van der Waals surface area contributed by atoms with E-state index in [9.17, 15) is 4.79 Å². The summed E-state index contributed by atoms with van der Waals surface area (Å²) in [7, 11) is 1.63. The third kappa shape index (κ3) is 4.61. The number of carbonyl (C=O) groups is 1. The van der Waals surface area contributed by atoms with Crippen molar-refractivity contribution >= 4 is 40.7 Å². The molecule has 1 amide bonds. The fraction of sp³-hybridized carbons (Fsp3) is 0.167. The number of rotatable bonds is 5. The van der Waals surface area contributed by atoms with E-state index in [1.807, 2.05) is 42.5 Å². The van der Waals surface area contributed by atoms with E-state index in [0.717, 1.165) is 16.9 Å². The van der Waals surface area contributed by atoms with E-state index in [0.29, 0.717) is 16.6 Å². The molecule has 3 rings (SSSR count). The van der Waals surface area contributed by atoms with Crippen LogP contribution in [-0.2, 0) is 11.2 Å². The lowest BCUT2D eigenvalue weighted by Gasteiger charge is -2.06. The SMILES string of the molecule is COc1ccc(CC2S/C(=N\N=C\c3ccccc3Cl)NC2=O)cc1. The van der Waals surface area contributed by atoms with Gasteiger partial charge in [-0.15, -0.1) is 5.10 Å². The van der Waals surface area contributed by atoms with Crippen LogP contribution < -0.4 is 10.1 Å². The van der Waals surface area contributed by atoms with Gasteiger partial charge in [0, 0.05) is 10.6 Å². The molecule has 1 aliphatic rings. The molecule has 0 aromatic heterocycles. The summed E-state index contributed by atoms with van der Waals surface area (Å²) in [5, 5.41) is 11.7. The Bertz CT molecular complexity index is 821. The zero-order valence-electron chi connectivity index (χ0n) is 13.5. The van der Waals surface area contributed by atoms with Gasteiger partial charge in [0.15, 0.2) is 5.17 Å². The molecule has 0 aliphatic carbocycles. The van der Waals surface area contributed by atoms with Crippen LogP contribution in [0.15, 0.2) is 58.7 Å². The first-order chi connectivity index (χ1) is 12.2. The van der Waals surface area contributed by atoms with Crippen molar-refractivity contribution in [2.75, 3.05) is 7.11 Å². The molecule has 1 unspecified atom stereocenters. The molecule has 5 nitrogen and oxygen atoms in total. The van der Waals surface area contributed by atoms with Gasteiger partial charge in [-0.05, 0) is 30.2 Å². The molecule has 1 fully saturated rings. The maximum atomic E-state index is 12.1. The number of amidine groups is 1. The fourth-order valence-corrected chi connectivity index (χ4v) is 3.44. The lowest BCUT2D eigenvalue weighted by atomic mass is 10.1. The van der Waals surface area contributed by atoms with Gasteiger partial charge in [0.05, 0.1) is 18.6 Å². The Labute approximate surface area is 155 Å². The van der Waals surface area contributed by atoms with Crippen molar-refractivity contribution in [1.29, 1.82) is 0 Å². The summed E-state index contributed by atoms with van der Waals surface area (Å²) >= 11 is 7.43. The Morgan fingerprint density at radius 1 is 1.24 bits per heavy atom. The quantitative estimate of drug-likeness (QED) is 0.644. The summed E-state index contributed by atoms with van der Waals surface area (Å²) in [6.45, 7) is 0. The second-order valence-corrected chi connectivity index (χ2v) is 6.92. The zero-order valence-corrected chi connectivity index (χ0v) is 15.1. The predicted octanol–water partition coefficient (Wildman–Crippen LogP) is 3.51. The second kappa shape index (κ2) is 8.18. The summed E-state index contributed by atoms with van der Waals surface area (Å²) in [5.74, 6) is 0.732. The summed E-state index contributed by atoms with van der Waals surface area (Å²) < 4.78 is 5.14. The number of nitrogens with one attached hydrogen (secondary N) is 1. The molecule has 0 spiro atoms. The smallest absolute Gasteiger partial charge is 0.239 e. The largest absolute Gasteiger partial charge is 0.497 e. The number of ether oxygens (including phenoxy) is 1. The Kier molecular flexibility index (Phi) is 5.73. The molecule has 0 radical (unpaired) electrons. The summed E-state index contributed by atoms with van der Waals surface area (Å²) in [4.78, 5) is 12.1. The number of hydrogen-bond donors (Lipinski definition) is 1. The molecule has 128 valence electrons. The first-order valence-electron chi connectivity index (χ1n) is 7.61. The van der Waals surface area contributed by atoms with E-state index in [1.165, 1.54) is 11.8 Å². The molecule has 25 heavy (non-hydrogen) atoms. The maximum Gasteiger partial charge on any atom is 0.239 e. The summed E-state index contributed by atoms with van der Waals surface area (Å²) in [6, 6.07) is 15.0. The van der Waals surface area contributed by atoms with E-state index < -0.39 is 0 Å². The van der Waals surface area contributed by atoms with Crippen molar-refractivity contribution in [3.8, 4) is 5.75 Å². The molecular weight excluding hydrogens is 358 g/mol. The molecule has 1 aliphatic heterocycles.